The average Bonchev–Trinajstić information content (AvgIpc) is 2.34. The number of benzene rings is 1. The van der Waals surface area contributed by atoms with Crippen molar-refractivity contribution in [1.29, 1.82) is 0 Å². The van der Waals surface area contributed by atoms with Crippen LogP contribution < -0.4 is 9.62 Å². The Bertz CT molecular complexity index is 477. The number of nitrogens with one attached hydrogen (secondary N) is 1. The summed E-state index contributed by atoms with van der Waals surface area (Å²) in [7, 11) is -2.09. The molecule has 1 rings (SSSR count). The fourth-order valence-corrected chi connectivity index (χ4v) is 2.78. The Labute approximate surface area is 108 Å². The second kappa shape index (κ2) is 6.70. The van der Waals surface area contributed by atoms with E-state index in [1.165, 1.54) is 25.2 Å². The van der Waals surface area contributed by atoms with E-state index >= 15 is 0 Å². The molecular formula is C12H19FN2O2S. The third kappa shape index (κ3) is 3.96. The molecule has 4 nitrogen and oxygen atoms in total. The van der Waals surface area contributed by atoms with E-state index in [0.717, 1.165) is 10.8 Å². The molecule has 102 valence electrons. The van der Waals surface area contributed by atoms with Crippen LogP contribution in [0, 0.1) is 5.82 Å². The minimum absolute atomic E-state index is 0.00480. The Morgan fingerprint density at radius 3 is 2.61 bits per heavy atom. The van der Waals surface area contributed by atoms with Crippen molar-refractivity contribution in [1.82, 2.24) is 5.32 Å². The molecule has 0 aliphatic heterocycles. The molecule has 0 aliphatic carbocycles. The van der Waals surface area contributed by atoms with Crippen LogP contribution in [0.25, 0.3) is 0 Å². The van der Waals surface area contributed by atoms with Crippen molar-refractivity contribution in [2.75, 3.05) is 30.2 Å². The first kappa shape index (κ1) is 14.9. The lowest BCUT2D eigenvalue weighted by atomic mass is 10.3. The van der Waals surface area contributed by atoms with E-state index in [4.69, 9.17) is 0 Å². The molecule has 0 fully saturated rings. The van der Waals surface area contributed by atoms with E-state index in [9.17, 15) is 12.8 Å². The summed E-state index contributed by atoms with van der Waals surface area (Å²) in [5.41, 5.74) is 0.0842. The standard InChI is InChI=1S/C12H19FN2O2S/c1-3-14-9-6-10-18(16,17)15(2)12-8-5-4-7-11(12)13/h4-5,7-8,14H,3,6,9-10H2,1-2H3. The van der Waals surface area contributed by atoms with E-state index in [-0.39, 0.29) is 11.4 Å². The maximum absolute atomic E-state index is 13.5. The van der Waals surface area contributed by atoms with Crippen molar-refractivity contribution in [2.45, 2.75) is 13.3 Å². The molecular weight excluding hydrogens is 255 g/mol. The molecule has 0 saturated heterocycles. The monoisotopic (exact) mass is 274 g/mol. The molecule has 18 heavy (non-hydrogen) atoms. The van der Waals surface area contributed by atoms with Gasteiger partial charge in [0.25, 0.3) is 0 Å². The van der Waals surface area contributed by atoms with Gasteiger partial charge in [0.1, 0.15) is 5.82 Å². The Morgan fingerprint density at radius 1 is 1.33 bits per heavy atom. The molecule has 1 aromatic rings. The van der Waals surface area contributed by atoms with Crippen molar-refractivity contribution in [2.24, 2.45) is 0 Å². The lowest BCUT2D eigenvalue weighted by Crippen LogP contribution is -2.31. The van der Waals surface area contributed by atoms with Crippen molar-refractivity contribution in [3.8, 4) is 0 Å². The van der Waals surface area contributed by atoms with Gasteiger partial charge in [-0.1, -0.05) is 19.1 Å². The van der Waals surface area contributed by atoms with Gasteiger partial charge in [0.05, 0.1) is 11.4 Å². The molecule has 6 heteroatoms. The van der Waals surface area contributed by atoms with Gasteiger partial charge < -0.3 is 5.32 Å². The number of para-hydroxylation sites is 1. The third-order valence-electron chi connectivity index (χ3n) is 2.61. The first-order chi connectivity index (χ1) is 8.49. The molecule has 0 atom stereocenters. The van der Waals surface area contributed by atoms with Gasteiger partial charge in [-0.05, 0) is 31.6 Å². The average molecular weight is 274 g/mol. The van der Waals surface area contributed by atoms with E-state index in [1.54, 1.807) is 6.07 Å². The van der Waals surface area contributed by atoms with Gasteiger partial charge in [0.15, 0.2) is 0 Å². The molecule has 0 unspecified atom stereocenters. The molecule has 0 radical (unpaired) electrons. The molecule has 0 saturated carbocycles. The predicted molar refractivity (Wildman–Crippen MR) is 71.8 cm³/mol. The number of nitrogens with zero attached hydrogens (tertiary/aromatic N) is 1. The van der Waals surface area contributed by atoms with Gasteiger partial charge in [-0.15, -0.1) is 0 Å². The summed E-state index contributed by atoms with van der Waals surface area (Å²) in [4.78, 5) is 0. The number of sulfonamides is 1. The van der Waals surface area contributed by atoms with E-state index in [0.29, 0.717) is 13.0 Å². The number of halogens is 1. The topological polar surface area (TPSA) is 49.4 Å². The molecule has 0 aromatic heterocycles. The SMILES string of the molecule is CCNCCCS(=O)(=O)N(C)c1ccccc1F. The maximum atomic E-state index is 13.5. The zero-order valence-electron chi connectivity index (χ0n) is 10.7. The Kier molecular flexibility index (Phi) is 5.55. The van der Waals surface area contributed by atoms with E-state index in [2.05, 4.69) is 5.32 Å². The summed E-state index contributed by atoms with van der Waals surface area (Å²) in [6.07, 6.45) is 0.509. The van der Waals surface area contributed by atoms with Crippen LogP contribution in [0.5, 0.6) is 0 Å². The minimum atomic E-state index is -3.46. The fourth-order valence-electron chi connectivity index (χ4n) is 1.55. The minimum Gasteiger partial charge on any atom is -0.317 e. The quantitative estimate of drug-likeness (QED) is 0.768. The molecule has 0 bridgehead atoms. The highest BCUT2D eigenvalue weighted by Crippen LogP contribution is 2.20. The Hall–Kier alpha value is -1.14. The van der Waals surface area contributed by atoms with Gasteiger partial charge in [-0.2, -0.15) is 0 Å². The smallest absolute Gasteiger partial charge is 0.235 e. The van der Waals surface area contributed by atoms with Gasteiger partial charge >= 0.3 is 0 Å². The number of rotatable bonds is 7. The van der Waals surface area contributed by atoms with Crippen molar-refractivity contribution in [3.63, 3.8) is 0 Å². The van der Waals surface area contributed by atoms with Crippen LogP contribution in [0.3, 0.4) is 0 Å². The highest BCUT2D eigenvalue weighted by Gasteiger charge is 2.20. The van der Waals surface area contributed by atoms with E-state index < -0.39 is 15.8 Å². The van der Waals surface area contributed by atoms with Crippen molar-refractivity contribution >= 4 is 15.7 Å². The maximum Gasteiger partial charge on any atom is 0.235 e. The molecule has 0 amide bonds. The van der Waals surface area contributed by atoms with Crippen LogP contribution in [0.4, 0.5) is 10.1 Å². The lowest BCUT2D eigenvalue weighted by Gasteiger charge is -2.19. The second-order valence-corrected chi connectivity index (χ2v) is 6.06. The first-order valence-corrected chi connectivity index (χ1v) is 7.52. The lowest BCUT2D eigenvalue weighted by molar-refractivity contribution is 0.584. The van der Waals surface area contributed by atoms with Gasteiger partial charge in [0, 0.05) is 7.05 Å². The van der Waals surface area contributed by atoms with Crippen LogP contribution in [0.15, 0.2) is 24.3 Å². The second-order valence-electron chi connectivity index (χ2n) is 3.94. The van der Waals surface area contributed by atoms with Crippen LogP contribution in [-0.2, 0) is 10.0 Å². The summed E-state index contributed by atoms with van der Waals surface area (Å²) in [5.74, 6) is -0.527. The van der Waals surface area contributed by atoms with Gasteiger partial charge in [0.2, 0.25) is 10.0 Å². The molecule has 1 N–H and O–H groups in total. The number of anilines is 1. The normalized spacial score (nSPS) is 11.5. The molecule has 0 aliphatic rings. The van der Waals surface area contributed by atoms with Crippen LogP contribution in [-0.4, -0.2) is 34.3 Å². The highest BCUT2D eigenvalue weighted by atomic mass is 32.2. The molecule has 1 aromatic carbocycles. The van der Waals surface area contributed by atoms with Gasteiger partial charge in [-0.3, -0.25) is 4.31 Å². The fraction of sp³-hybridized carbons (Fsp3) is 0.500. The zero-order chi connectivity index (χ0) is 13.6. The van der Waals surface area contributed by atoms with Gasteiger partial charge in [-0.25, -0.2) is 12.8 Å². The van der Waals surface area contributed by atoms with E-state index in [1.807, 2.05) is 6.92 Å². The highest BCUT2D eigenvalue weighted by molar-refractivity contribution is 7.92. The summed E-state index contributed by atoms with van der Waals surface area (Å²) in [5, 5.41) is 3.05. The number of hydrogen-bond acceptors (Lipinski definition) is 3. The van der Waals surface area contributed by atoms with Crippen LogP contribution >= 0.6 is 0 Å². The Balaban J connectivity index is 2.70. The third-order valence-corrected chi connectivity index (χ3v) is 4.45. The summed E-state index contributed by atoms with van der Waals surface area (Å²) in [6, 6.07) is 5.85. The van der Waals surface area contributed by atoms with Crippen molar-refractivity contribution < 1.29 is 12.8 Å². The van der Waals surface area contributed by atoms with Crippen molar-refractivity contribution in [3.05, 3.63) is 30.1 Å². The zero-order valence-corrected chi connectivity index (χ0v) is 11.5. The first-order valence-electron chi connectivity index (χ1n) is 5.91. The largest absolute Gasteiger partial charge is 0.317 e. The predicted octanol–water partition coefficient (Wildman–Crippen LogP) is 1.59. The molecule has 0 heterocycles. The van der Waals surface area contributed by atoms with Crippen LogP contribution in [0.1, 0.15) is 13.3 Å². The summed E-state index contributed by atoms with van der Waals surface area (Å²) < 4.78 is 38.5. The summed E-state index contributed by atoms with van der Waals surface area (Å²) >= 11 is 0. The molecule has 0 spiro atoms. The number of hydrogen-bond donors (Lipinski definition) is 1. The Morgan fingerprint density at radius 2 is 2.00 bits per heavy atom. The van der Waals surface area contributed by atoms with Crippen LogP contribution in [0.2, 0.25) is 0 Å². The summed E-state index contributed by atoms with van der Waals surface area (Å²) in [6.45, 7) is 3.41.